The number of hydrogen-bond acceptors (Lipinski definition) is 4. The number of carbonyl (C=O) groups is 1. The highest BCUT2D eigenvalue weighted by Gasteiger charge is 2.24. The van der Waals surface area contributed by atoms with Gasteiger partial charge < -0.3 is 4.90 Å². The van der Waals surface area contributed by atoms with Crippen molar-refractivity contribution in [3.8, 4) is 0 Å². The third-order valence-corrected chi connectivity index (χ3v) is 6.16. The first-order valence-corrected chi connectivity index (χ1v) is 9.86. The van der Waals surface area contributed by atoms with Crippen LogP contribution in [0.1, 0.15) is 32.3 Å². The normalized spacial score (nSPS) is 22.1. The molecule has 1 aromatic rings. The Morgan fingerprint density at radius 1 is 1.21 bits per heavy atom. The summed E-state index contributed by atoms with van der Waals surface area (Å²) in [7, 11) is 0. The van der Waals surface area contributed by atoms with Crippen LogP contribution in [0.3, 0.4) is 0 Å². The van der Waals surface area contributed by atoms with Gasteiger partial charge in [0.1, 0.15) is 0 Å². The quantitative estimate of drug-likeness (QED) is 0.785. The molecule has 5 heteroatoms. The first kappa shape index (κ1) is 17.5. The van der Waals surface area contributed by atoms with Gasteiger partial charge in [-0.2, -0.15) is 0 Å². The molecule has 2 aliphatic rings. The average molecular weight is 346 g/mol. The number of nitrogens with zero attached hydrogens (tertiary/aromatic N) is 3. The SMILES string of the molecule is CCc1ccccc1N1CCN(CCCC2SC(=O)N=C2C)CC1. The molecule has 0 saturated carbocycles. The summed E-state index contributed by atoms with van der Waals surface area (Å²) in [4.78, 5) is 20.4. The molecule has 0 spiro atoms. The summed E-state index contributed by atoms with van der Waals surface area (Å²) in [5, 5.41) is 0.302. The fourth-order valence-electron chi connectivity index (χ4n) is 3.55. The second-order valence-electron chi connectivity index (χ2n) is 6.58. The Kier molecular flexibility index (Phi) is 5.95. The van der Waals surface area contributed by atoms with Crippen LogP contribution in [-0.2, 0) is 6.42 Å². The van der Waals surface area contributed by atoms with Gasteiger partial charge in [0.05, 0.1) is 5.25 Å². The summed E-state index contributed by atoms with van der Waals surface area (Å²) >= 11 is 1.39. The van der Waals surface area contributed by atoms with Gasteiger partial charge >= 0.3 is 5.24 Å². The van der Waals surface area contributed by atoms with Gasteiger partial charge in [-0.05, 0) is 44.4 Å². The lowest BCUT2D eigenvalue weighted by molar-refractivity contribution is 0.253. The number of carbonyl (C=O) groups excluding carboxylic acids is 1. The number of hydrogen-bond donors (Lipinski definition) is 0. The lowest BCUT2D eigenvalue weighted by atomic mass is 10.1. The zero-order valence-corrected chi connectivity index (χ0v) is 15.5. The highest BCUT2D eigenvalue weighted by Crippen LogP contribution is 2.27. The zero-order valence-electron chi connectivity index (χ0n) is 14.7. The Bertz CT molecular complexity index is 608. The van der Waals surface area contributed by atoms with Crippen molar-refractivity contribution in [2.75, 3.05) is 37.6 Å². The summed E-state index contributed by atoms with van der Waals surface area (Å²) in [6.07, 6.45) is 3.29. The summed E-state index contributed by atoms with van der Waals surface area (Å²) in [5.41, 5.74) is 3.86. The maximum Gasteiger partial charge on any atom is 0.305 e. The number of aryl methyl sites for hydroxylation is 1. The number of amides is 1. The number of aliphatic imine (C=N–C) groups is 1. The van der Waals surface area contributed by atoms with Crippen LogP contribution in [0.5, 0.6) is 0 Å². The largest absolute Gasteiger partial charge is 0.369 e. The van der Waals surface area contributed by atoms with Crippen molar-refractivity contribution in [2.24, 2.45) is 4.99 Å². The third kappa shape index (κ3) is 4.19. The van der Waals surface area contributed by atoms with Crippen LogP contribution in [0, 0.1) is 0 Å². The first-order valence-electron chi connectivity index (χ1n) is 8.98. The predicted octanol–water partition coefficient (Wildman–Crippen LogP) is 3.85. The number of benzene rings is 1. The van der Waals surface area contributed by atoms with E-state index in [1.807, 2.05) is 6.92 Å². The van der Waals surface area contributed by atoms with Crippen LogP contribution >= 0.6 is 11.8 Å². The topological polar surface area (TPSA) is 35.9 Å². The number of thioether (sulfide) groups is 1. The minimum Gasteiger partial charge on any atom is -0.369 e. The van der Waals surface area contributed by atoms with Crippen molar-refractivity contribution in [2.45, 2.75) is 38.4 Å². The molecule has 0 radical (unpaired) electrons. The molecule has 0 bridgehead atoms. The van der Waals surface area contributed by atoms with E-state index < -0.39 is 0 Å². The smallest absolute Gasteiger partial charge is 0.305 e. The lowest BCUT2D eigenvalue weighted by Gasteiger charge is -2.37. The zero-order chi connectivity index (χ0) is 16.9. The monoisotopic (exact) mass is 345 g/mol. The molecule has 4 nitrogen and oxygen atoms in total. The van der Waals surface area contributed by atoms with Crippen LogP contribution in [0.2, 0.25) is 0 Å². The molecule has 130 valence electrons. The van der Waals surface area contributed by atoms with E-state index in [0.29, 0.717) is 5.25 Å². The second kappa shape index (κ2) is 8.17. The summed E-state index contributed by atoms with van der Waals surface area (Å²) < 4.78 is 0. The fourth-order valence-corrected chi connectivity index (χ4v) is 4.50. The second-order valence-corrected chi connectivity index (χ2v) is 7.73. The molecule has 1 aromatic carbocycles. The van der Waals surface area contributed by atoms with Gasteiger partial charge in [-0.15, -0.1) is 0 Å². The molecule has 1 saturated heterocycles. The van der Waals surface area contributed by atoms with E-state index in [2.05, 4.69) is 46.0 Å². The Morgan fingerprint density at radius 3 is 2.62 bits per heavy atom. The molecular formula is C19H27N3OS. The molecule has 0 N–H and O–H groups in total. The van der Waals surface area contributed by atoms with Crippen molar-refractivity contribution in [1.82, 2.24) is 4.90 Å². The molecule has 2 heterocycles. The molecule has 1 unspecified atom stereocenters. The Labute approximate surface area is 149 Å². The fraction of sp³-hybridized carbons (Fsp3) is 0.579. The van der Waals surface area contributed by atoms with Crippen LogP contribution in [0.4, 0.5) is 10.5 Å². The van der Waals surface area contributed by atoms with Crippen molar-refractivity contribution in [3.05, 3.63) is 29.8 Å². The minimum atomic E-state index is -0.0132. The third-order valence-electron chi connectivity index (χ3n) is 5.00. The van der Waals surface area contributed by atoms with Gasteiger partial charge in [0, 0.05) is 37.6 Å². The maximum absolute atomic E-state index is 11.3. The van der Waals surface area contributed by atoms with Crippen LogP contribution < -0.4 is 4.90 Å². The number of rotatable bonds is 6. The minimum absolute atomic E-state index is 0.0132. The van der Waals surface area contributed by atoms with Gasteiger partial charge in [0.2, 0.25) is 0 Å². The van der Waals surface area contributed by atoms with Crippen LogP contribution in [0.25, 0.3) is 0 Å². The van der Waals surface area contributed by atoms with E-state index in [9.17, 15) is 4.79 Å². The molecule has 24 heavy (non-hydrogen) atoms. The van der Waals surface area contributed by atoms with Gasteiger partial charge in [-0.1, -0.05) is 36.9 Å². The first-order chi connectivity index (χ1) is 11.7. The van der Waals surface area contributed by atoms with E-state index in [-0.39, 0.29) is 5.24 Å². The van der Waals surface area contributed by atoms with E-state index in [1.54, 1.807) is 0 Å². The van der Waals surface area contributed by atoms with Gasteiger partial charge in [-0.25, -0.2) is 4.99 Å². The molecule has 2 aliphatic heterocycles. The van der Waals surface area contributed by atoms with Gasteiger partial charge in [0.15, 0.2) is 0 Å². The summed E-state index contributed by atoms with van der Waals surface area (Å²) in [6.45, 7) is 9.80. The Morgan fingerprint density at radius 2 is 1.96 bits per heavy atom. The van der Waals surface area contributed by atoms with E-state index >= 15 is 0 Å². The van der Waals surface area contributed by atoms with Gasteiger partial charge in [0.25, 0.3) is 0 Å². The van der Waals surface area contributed by atoms with E-state index in [0.717, 1.165) is 57.7 Å². The molecule has 0 aliphatic carbocycles. The molecule has 1 atom stereocenters. The lowest BCUT2D eigenvalue weighted by Crippen LogP contribution is -2.47. The van der Waals surface area contributed by atoms with E-state index in [1.165, 1.54) is 23.0 Å². The molecule has 1 amide bonds. The van der Waals surface area contributed by atoms with Crippen molar-refractivity contribution in [1.29, 1.82) is 0 Å². The summed E-state index contributed by atoms with van der Waals surface area (Å²) in [5.74, 6) is 0. The standard InChI is InChI=1S/C19H27N3OS/c1-3-16-7-4-5-8-17(16)22-13-11-21(12-14-22)10-6-9-18-15(2)20-19(23)24-18/h4-5,7-8,18H,3,6,9-14H2,1-2H3. The van der Waals surface area contributed by atoms with Crippen LogP contribution in [0.15, 0.2) is 29.3 Å². The van der Waals surface area contributed by atoms with Crippen molar-refractivity contribution < 1.29 is 4.79 Å². The molecule has 1 fully saturated rings. The van der Waals surface area contributed by atoms with Crippen LogP contribution in [-0.4, -0.2) is 53.8 Å². The summed E-state index contributed by atoms with van der Waals surface area (Å²) in [6, 6.07) is 8.78. The maximum atomic E-state index is 11.3. The predicted molar refractivity (Wildman–Crippen MR) is 104 cm³/mol. The van der Waals surface area contributed by atoms with Crippen molar-refractivity contribution in [3.63, 3.8) is 0 Å². The highest BCUT2D eigenvalue weighted by molar-refractivity contribution is 8.15. The van der Waals surface area contributed by atoms with E-state index in [4.69, 9.17) is 0 Å². The highest BCUT2D eigenvalue weighted by atomic mass is 32.2. The molecular weight excluding hydrogens is 318 g/mol. The Balaban J connectivity index is 1.42. The number of piperazine rings is 1. The molecule has 0 aromatic heterocycles. The number of anilines is 1. The Hall–Kier alpha value is -1.33. The average Bonchev–Trinajstić information content (AvgIpc) is 2.93. The van der Waals surface area contributed by atoms with Gasteiger partial charge in [-0.3, -0.25) is 9.69 Å². The number of para-hydroxylation sites is 1. The van der Waals surface area contributed by atoms with Crippen molar-refractivity contribution >= 4 is 28.4 Å². The molecule has 3 rings (SSSR count).